The van der Waals surface area contributed by atoms with Crippen molar-refractivity contribution in [3.63, 3.8) is 0 Å². The molecule has 0 saturated carbocycles. The van der Waals surface area contributed by atoms with Gasteiger partial charge in [0.1, 0.15) is 0 Å². The van der Waals surface area contributed by atoms with Crippen molar-refractivity contribution in [2.75, 3.05) is 0 Å². The van der Waals surface area contributed by atoms with Gasteiger partial charge in [-0.2, -0.15) is 0 Å². The maximum Gasteiger partial charge on any atom is 2.00 e. The molecule has 0 unspecified atom stereocenters. The molecule has 0 fully saturated rings. The molecule has 0 aromatic heterocycles. The second-order valence-electron chi connectivity index (χ2n) is 0.500. The largest absolute Gasteiger partial charge is 2.00 e. The third-order valence-electron chi connectivity index (χ3n) is 0. The molecule has 0 aliphatic rings. The van der Waals surface area contributed by atoms with Crippen molar-refractivity contribution in [2.45, 2.75) is 0 Å². The third kappa shape index (κ3) is 317. The Balaban J connectivity index is -0.00000000187. The topological polar surface area (TPSA) is 306 Å². The van der Waals surface area contributed by atoms with Gasteiger partial charge in [0.2, 0.25) is 0 Å². The van der Waals surface area contributed by atoms with Crippen molar-refractivity contribution in [1.29, 1.82) is 0 Å². The Morgan fingerprint density at radius 2 is 0.400 bits per heavy atom. The van der Waals surface area contributed by atoms with E-state index in [0.29, 0.717) is 0 Å². The van der Waals surface area contributed by atoms with Gasteiger partial charge in [-0.1, -0.05) is 0 Å². The van der Waals surface area contributed by atoms with E-state index >= 15 is 0 Å². The van der Waals surface area contributed by atoms with E-state index in [-0.39, 0.29) is 259 Å². The molecule has 0 bridgehead atoms. The first-order valence-corrected chi connectivity index (χ1v) is 3.67. The Kier molecular flexibility index (Phi) is 538. The zero-order chi connectivity index (χ0) is 7.15. The van der Waals surface area contributed by atoms with Gasteiger partial charge in [-0.05, 0) is 0 Å². The average Bonchev–Trinajstić information content (AvgIpc) is 1.25. The molecular weight excluding hydrogens is 489 g/mol. The summed E-state index contributed by atoms with van der Waals surface area (Å²) in [5, 5.41) is 0. The fourth-order valence-electron chi connectivity index (χ4n) is 0. The standard InChI is InChI=1S/6Ca.2O3Si.6H2O/c;;;;;;2*1-4(2)3;;;;;;/h;;;;;;;;6*1H2/q6*+2;2*-2;;;;;;/p-6. The van der Waals surface area contributed by atoms with Gasteiger partial charge in [-0.25, -0.2) is 0 Å². The minimum absolute atomic E-state index is 0. The summed E-state index contributed by atoms with van der Waals surface area (Å²) in [6.07, 6.45) is 0. The quantitative estimate of drug-likeness (QED) is 0.283. The van der Waals surface area contributed by atoms with Crippen LogP contribution in [0.1, 0.15) is 0 Å². The van der Waals surface area contributed by atoms with Gasteiger partial charge in [-0.15, -0.1) is 0 Å². The van der Waals surface area contributed by atoms with Crippen LogP contribution in [0.4, 0.5) is 0 Å². The predicted molar refractivity (Wildman–Crippen MR) is 59.0 cm³/mol. The van der Waals surface area contributed by atoms with Crippen LogP contribution in [0, 0.1) is 0 Å². The maximum absolute atomic E-state index is 8.52. The summed E-state index contributed by atoms with van der Waals surface area (Å²) in [4.78, 5) is 34.1. The van der Waals surface area contributed by atoms with E-state index in [1.807, 2.05) is 0 Å². The molecule has 0 rings (SSSR count). The fourth-order valence-corrected chi connectivity index (χ4v) is 0. The van der Waals surface area contributed by atoms with Gasteiger partial charge < -0.3 is 61.0 Å². The number of hydrogen-bond donors (Lipinski definition) is 0. The van der Waals surface area contributed by atoms with Crippen LogP contribution in [0.2, 0.25) is 0 Å². The third-order valence-corrected chi connectivity index (χ3v) is 0. The van der Waals surface area contributed by atoms with Gasteiger partial charge in [0.25, 0.3) is 0 Å². The Morgan fingerprint density at radius 3 is 0.400 bits per heavy atom. The summed E-state index contributed by atoms with van der Waals surface area (Å²) >= 11 is 0. The Hall–Kier alpha value is 6.55. The molecule has 96 valence electrons. The van der Waals surface area contributed by atoms with Crippen LogP contribution < -0.4 is 19.2 Å². The minimum atomic E-state index is -3.63. The van der Waals surface area contributed by atoms with E-state index in [4.69, 9.17) is 28.1 Å². The van der Waals surface area contributed by atoms with E-state index < -0.39 is 18.3 Å². The van der Waals surface area contributed by atoms with Crippen LogP contribution >= 0.6 is 0 Å². The van der Waals surface area contributed by atoms with Crippen molar-refractivity contribution in [2.24, 2.45) is 0 Å². The zero-order valence-electron chi connectivity index (χ0n) is 10.4. The zero-order valence-corrected chi connectivity index (χ0v) is 25.6. The molecule has 0 atom stereocenters. The number of hydrogen-bond acceptors (Lipinski definition) is 12. The maximum atomic E-state index is 8.52. The van der Waals surface area contributed by atoms with Crippen molar-refractivity contribution in [3.05, 3.63) is 0 Å². The first kappa shape index (κ1) is 110. The van der Waals surface area contributed by atoms with E-state index in [0.717, 1.165) is 0 Å². The van der Waals surface area contributed by atoms with Gasteiger partial charge in [0, 0.05) is 18.3 Å². The first-order chi connectivity index (χ1) is 3.46. The van der Waals surface area contributed by atoms with E-state index in [1.54, 1.807) is 0 Å². The molecule has 0 aromatic carbocycles. The summed E-state index contributed by atoms with van der Waals surface area (Å²) < 4.78 is 17.0. The first-order valence-electron chi connectivity index (χ1n) is 1.22. The summed E-state index contributed by atoms with van der Waals surface area (Å²) in [6, 6.07) is 0. The summed E-state index contributed by atoms with van der Waals surface area (Å²) in [5.41, 5.74) is 0. The second kappa shape index (κ2) is 97.8. The summed E-state index contributed by atoms with van der Waals surface area (Å²) in [6.45, 7) is 0. The second-order valence-corrected chi connectivity index (χ2v) is 1.50. The molecule has 20 heteroatoms. The predicted octanol–water partition coefficient (Wildman–Crippen LogP) is -9.10. The average molecular weight is 495 g/mol. The molecule has 0 spiro atoms. The van der Waals surface area contributed by atoms with Crippen molar-refractivity contribution < 1.29 is 61.0 Å². The fraction of sp³-hybridized carbons (Fsp3) is 0. The molecule has 0 radical (unpaired) electrons. The van der Waals surface area contributed by atoms with Gasteiger partial charge in [0.15, 0.2) is 0 Å². The number of rotatable bonds is 0. The molecule has 0 saturated heterocycles. The molecule has 0 aromatic rings. The van der Waals surface area contributed by atoms with E-state index in [9.17, 15) is 0 Å². The van der Waals surface area contributed by atoms with Crippen molar-refractivity contribution in [3.8, 4) is 0 Å². The van der Waals surface area contributed by atoms with Crippen LogP contribution in [-0.4, -0.2) is 278 Å². The molecule has 6 N–H and O–H groups in total. The molecule has 12 nitrogen and oxygen atoms in total. The molecule has 20 heavy (non-hydrogen) atoms. The van der Waals surface area contributed by atoms with Gasteiger partial charge >= 0.3 is 226 Å². The monoisotopic (exact) mass is 494 g/mol. The van der Waals surface area contributed by atoms with Crippen LogP contribution in [0.5, 0.6) is 0 Å². The van der Waals surface area contributed by atoms with E-state index in [1.165, 1.54) is 0 Å². The van der Waals surface area contributed by atoms with Crippen molar-refractivity contribution >= 4 is 245 Å². The Morgan fingerprint density at radius 1 is 0.400 bits per heavy atom. The molecule has 0 aliphatic carbocycles. The molecular formula is H6Ca6O12Si2+2. The molecule has 0 heterocycles. The van der Waals surface area contributed by atoms with Crippen molar-refractivity contribution in [1.82, 2.24) is 0 Å². The van der Waals surface area contributed by atoms with Crippen LogP contribution in [0.15, 0.2) is 0 Å². The SMILES string of the molecule is O=[Si]([O-])[O-].O=[Si]([O-])[O-].[Ca+2].[Ca+2].[Ca+2].[Ca+2].[Ca+2].[Ca+2].[OH-].[OH-].[OH-].[OH-].[OH-].[OH-]. The van der Waals surface area contributed by atoms with Gasteiger partial charge in [0.05, 0.1) is 0 Å². The summed E-state index contributed by atoms with van der Waals surface area (Å²) in [5.74, 6) is 0. The Labute approximate surface area is 297 Å². The van der Waals surface area contributed by atoms with E-state index in [2.05, 4.69) is 0 Å². The molecule has 0 aliphatic heterocycles. The minimum Gasteiger partial charge on any atom is -0.870 e. The van der Waals surface area contributed by atoms with Gasteiger partial charge in [-0.3, -0.25) is 0 Å². The Bertz CT molecular complexity index is 83.9. The van der Waals surface area contributed by atoms with Crippen LogP contribution in [-0.2, 0) is 8.92 Å². The smallest absolute Gasteiger partial charge is 0.870 e. The normalized spacial score (nSPS) is 2.40. The molecule has 0 amide bonds. The van der Waals surface area contributed by atoms with Crippen LogP contribution in [0.3, 0.4) is 0 Å². The van der Waals surface area contributed by atoms with Crippen LogP contribution in [0.25, 0.3) is 0 Å². The summed E-state index contributed by atoms with van der Waals surface area (Å²) in [7, 11) is -7.26.